The maximum absolute atomic E-state index is 12.7. The fourth-order valence-corrected chi connectivity index (χ4v) is 4.18. The fourth-order valence-electron chi connectivity index (χ4n) is 4.18. The second-order valence-corrected chi connectivity index (χ2v) is 8.10. The van der Waals surface area contributed by atoms with Gasteiger partial charge in [-0.2, -0.15) is 0 Å². The molecule has 2 aliphatic heterocycles. The number of aromatic nitrogens is 2. The van der Waals surface area contributed by atoms with E-state index in [1.807, 2.05) is 24.3 Å². The van der Waals surface area contributed by atoms with E-state index in [1.165, 1.54) is 0 Å². The summed E-state index contributed by atoms with van der Waals surface area (Å²) in [4.78, 5) is 37.3. The predicted molar refractivity (Wildman–Crippen MR) is 127 cm³/mol. The Morgan fingerprint density at radius 2 is 1.53 bits per heavy atom. The number of aromatic amines is 1. The molecule has 1 amide bonds. The molecule has 0 bridgehead atoms. The normalized spacial score (nSPS) is 16.9. The van der Waals surface area contributed by atoms with Gasteiger partial charge in [-0.05, 0) is 42.5 Å². The van der Waals surface area contributed by atoms with Gasteiger partial charge in [-0.25, -0.2) is 4.98 Å². The molecule has 2 fully saturated rings. The van der Waals surface area contributed by atoms with Gasteiger partial charge in [0.25, 0.3) is 11.5 Å². The molecule has 0 aliphatic carbocycles. The summed E-state index contributed by atoms with van der Waals surface area (Å²) in [5.41, 5.74) is 2.66. The molecule has 2 aromatic carbocycles. The van der Waals surface area contributed by atoms with Crippen LogP contribution in [0.25, 0.3) is 10.9 Å². The van der Waals surface area contributed by atoms with E-state index in [0.29, 0.717) is 28.1 Å². The van der Waals surface area contributed by atoms with Crippen LogP contribution in [0.5, 0.6) is 0 Å². The van der Waals surface area contributed by atoms with Crippen LogP contribution in [-0.2, 0) is 0 Å². The number of carbonyl (C=O) groups excluding carboxylic acids is 1. The third-order valence-electron chi connectivity index (χ3n) is 5.98. The topological polar surface area (TPSA) is 105 Å². The summed E-state index contributed by atoms with van der Waals surface area (Å²) in [6.45, 7) is 7.19. The number of amides is 1. The maximum atomic E-state index is 12.7. The molecule has 3 aromatic rings. The molecule has 0 spiro atoms. The Bertz CT molecular complexity index is 1160. The van der Waals surface area contributed by atoms with Crippen molar-refractivity contribution in [2.75, 3.05) is 67.5 Å². The van der Waals surface area contributed by atoms with Crippen LogP contribution in [0, 0.1) is 0 Å². The number of hydrogen-bond acceptors (Lipinski definition) is 7. The van der Waals surface area contributed by atoms with Crippen LogP contribution in [0.15, 0.2) is 47.3 Å². The summed E-state index contributed by atoms with van der Waals surface area (Å²) >= 11 is 0. The zero-order valence-electron chi connectivity index (χ0n) is 17.9. The number of hydrogen-bond donors (Lipinski definition) is 4. The minimum absolute atomic E-state index is 0.208. The first-order valence-electron chi connectivity index (χ1n) is 11.0. The summed E-state index contributed by atoms with van der Waals surface area (Å²) in [6, 6.07) is 12.9. The quantitative estimate of drug-likeness (QED) is 0.486. The summed E-state index contributed by atoms with van der Waals surface area (Å²) in [6.07, 6.45) is 0. The van der Waals surface area contributed by atoms with Gasteiger partial charge in [0.15, 0.2) is 0 Å². The molecule has 0 unspecified atom stereocenters. The maximum Gasteiger partial charge on any atom is 0.260 e. The summed E-state index contributed by atoms with van der Waals surface area (Å²) in [5.74, 6) is 0.378. The number of rotatable bonds is 4. The lowest BCUT2D eigenvalue weighted by molar-refractivity contribution is 0.102. The second-order valence-electron chi connectivity index (χ2n) is 8.10. The molecule has 0 atom stereocenters. The molecule has 3 heterocycles. The standard InChI is InChI=1S/C23H27N7O2/c31-21(16-1-4-18(5-2-16)29-11-7-24-8-12-29)26-17-3-6-20-19(15-17)22(32)28-23(27-20)30-13-9-25-10-14-30/h1-6,15,24-25H,7-14H2,(H,26,31)(H,27,28,32). The Labute approximate surface area is 185 Å². The van der Waals surface area contributed by atoms with Crippen molar-refractivity contribution in [3.8, 4) is 0 Å². The third-order valence-corrected chi connectivity index (χ3v) is 5.98. The van der Waals surface area contributed by atoms with Gasteiger partial charge in [0.1, 0.15) is 0 Å². The largest absolute Gasteiger partial charge is 0.369 e. The monoisotopic (exact) mass is 433 g/mol. The van der Waals surface area contributed by atoms with E-state index >= 15 is 0 Å². The van der Waals surface area contributed by atoms with Gasteiger partial charge in [0.2, 0.25) is 5.95 Å². The molecule has 1 aromatic heterocycles. The number of nitrogens with zero attached hydrogens (tertiary/aromatic N) is 3. The van der Waals surface area contributed by atoms with Crippen LogP contribution in [0.1, 0.15) is 10.4 Å². The van der Waals surface area contributed by atoms with Crippen LogP contribution in [0.3, 0.4) is 0 Å². The molecule has 0 saturated carbocycles. The van der Waals surface area contributed by atoms with Crippen LogP contribution in [-0.4, -0.2) is 68.2 Å². The van der Waals surface area contributed by atoms with E-state index in [-0.39, 0.29) is 11.5 Å². The second kappa shape index (κ2) is 8.97. The smallest absolute Gasteiger partial charge is 0.260 e. The lowest BCUT2D eigenvalue weighted by Crippen LogP contribution is -2.44. The minimum Gasteiger partial charge on any atom is -0.369 e. The van der Waals surface area contributed by atoms with Crippen molar-refractivity contribution >= 4 is 34.1 Å². The van der Waals surface area contributed by atoms with Crippen molar-refractivity contribution in [3.05, 3.63) is 58.4 Å². The van der Waals surface area contributed by atoms with Gasteiger partial charge in [-0.15, -0.1) is 0 Å². The van der Waals surface area contributed by atoms with E-state index < -0.39 is 0 Å². The zero-order chi connectivity index (χ0) is 21.9. The highest BCUT2D eigenvalue weighted by atomic mass is 16.1. The molecule has 4 N–H and O–H groups in total. The molecule has 9 heteroatoms. The highest BCUT2D eigenvalue weighted by Crippen LogP contribution is 2.20. The summed E-state index contributed by atoms with van der Waals surface area (Å²) < 4.78 is 0. The van der Waals surface area contributed by atoms with Gasteiger partial charge in [-0.1, -0.05) is 0 Å². The summed E-state index contributed by atoms with van der Waals surface area (Å²) in [5, 5.41) is 9.97. The van der Waals surface area contributed by atoms with E-state index in [4.69, 9.17) is 0 Å². The highest BCUT2D eigenvalue weighted by molar-refractivity contribution is 6.05. The van der Waals surface area contributed by atoms with Gasteiger partial charge in [0, 0.05) is 69.3 Å². The lowest BCUT2D eigenvalue weighted by Gasteiger charge is -2.29. The van der Waals surface area contributed by atoms with E-state index in [1.54, 1.807) is 18.2 Å². The summed E-state index contributed by atoms with van der Waals surface area (Å²) in [7, 11) is 0. The van der Waals surface area contributed by atoms with Crippen LogP contribution >= 0.6 is 0 Å². The minimum atomic E-state index is -0.210. The average molecular weight is 434 g/mol. The highest BCUT2D eigenvalue weighted by Gasteiger charge is 2.15. The predicted octanol–water partition coefficient (Wildman–Crippen LogP) is 0.995. The number of anilines is 3. The molecule has 9 nitrogen and oxygen atoms in total. The molecule has 32 heavy (non-hydrogen) atoms. The number of carbonyl (C=O) groups is 1. The first kappa shape index (κ1) is 20.5. The molecular formula is C23H27N7O2. The van der Waals surface area contributed by atoms with E-state index in [0.717, 1.165) is 58.0 Å². The van der Waals surface area contributed by atoms with Crippen LogP contribution in [0.2, 0.25) is 0 Å². The Hall–Kier alpha value is -3.43. The van der Waals surface area contributed by atoms with Gasteiger partial charge in [0.05, 0.1) is 10.9 Å². The van der Waals surface area contributed by atoms with Crippen LogP contribution < -0.4 is 31.3 Å². The van der Waals surface area contributed by atoms with E-state index in [9.17, 15) is 9.59 Å². The van der Waals surface area contributed by atoms with Crippen LogP contribution in [0.4, 0.5) is 17.3 Å². The van der Waals surface area contributed by atoms with Crippen molar-refractivity contribution in [1.29, 1.82) is 0 Å². The number of piperazine rings is 2. The SMILES string of the molecule is O=C(Nc1ccc2nc(N3CCNCC3)[nH]c(=O)c2c1)c1ccc(N2CCNCC2)cc1. The molecule has 0 radical (unpaired) electrons. The number of fused-ring (bicyclic) bond motifs is 1. The number of benzene rings is 2. The Morgan fingerprint density at radius 1 is 0.875 bits per heavy atom. The van der Waals surface area contributed by atoms with Crippen molar-refractivity contribution < 1.29 is 4.79 Å². The van der Waals surface area contributed by atoms with Gasteiger partial charge >= 0.3 is 0 Å². The number of nitrogens with one attached hydrogen (secondary N) is 4. The molecular weight excluding hydrogens is 406 g/mol. The van der Waals surface area contributed by atoms with Crippen molar-refractivity contribution in [2.45, 2.75) is 0 Å². The first-order valence-corrected chi connectivity index (χ1v) is 11.0. The molecule has 166 valence electrons. The van der Waals surface area contributed by atoms with Crippen molar-refractivity contribution in [2.24, 2.45) is 0 Å². The van der Waals surface area contributed by atoms with E-state index in [2.05, 4.69) is 35.7 Å². The average Bonchev–Trinajstić information content (AvgIpc) is 2.85. The molecule has 2 aliphatic rings. The molecule has 5 rings (SSSR count). The lowest BCUT2D eigenvalue weighted by atomic mass is 10.1. The van der Waals surface area contributed by atoms with Gasteiger partial charge < -0.3 is 25.8 Å². The Kier molecular flexibility index (Phi) is 5.74. The third kappa shape index (κ3) is 4.30. The fraction of sp³-hybridized carbons (Fsp3) is 0.348. The van der Waals surface area contributed by atoms with Gasteiger partial charge in [-0.3, -0.25) is 14.6 Å². The number of H-pyrrole nitrogens is 1. The van der Waals surface area contributed by atoms with Crippen molar-refractivity contribution in [3.63, 3.8) is 0 Å². The van der Waals surface area contributed by atoms with Crippen molar-refractivity contribution in [1.82, 2.24) is 20.6 Å². The molecule has 2 saturated heterocycles. The first-order chi connectivity index (χ1) is 15.7. The Morgan fingerprint density at radius 3 is 2.22 bits per heavy atom. The Balaban J connectivity index is 1.31. The zero-order valence-corrected chi connectivity index (χ0v) is 17.9.